The summed E-state index contributed by atoms with van der Waals surface area (Å²) in [6.07, 6.45) is 2.32. The van der Waals surface area contributed by atoms with Crippen LogP contribution in [0.25, 0.3) is 0 Å². The number of fused-ring (bicyclic) bond motifs is 1. The number of primary amides is 1. The van der Waals surface area contributed by atoms with Crippen molar-refractivity contribution in [2.24, 2.45) is 5.73 Å². The van der Waals surface area contributed by atoms with Gasteiger partial charge in [0.2, 0.25) is 0 Å². The predicted octanol–water partition coefficient (Wildman–Crippen LogP) is 3.38. The summed E-state index contributed by atoms with van der Waals surface area (Å²) in [4.78, 5) is 42.4. The zero-order chi connectivity index (χ0) is 25.9. The molecule has 0 saturated carbocycles. The molecule has 0 radical (unpaired) electrons. The molecule has 3 aliphatic rings. The van der Waals surface area contributed by atoms with E-state index in [-0.39, 0.29) is 30.8 Å². The highest BCUT2D eigenvalue weighted by atomic mass is 16.6. The minimum absolute atomic E-state index is 0.0309. The molecule has 0 spiro atoms. The molecule has 37 heavy (non-hydrogen) atoms. The number of anilines is 1. The summed E-state index contributed by atoms with van der Waals surface area (Å²) in [5, 5.41) is 0. The molecule has 2 N–H and O–H groups in total. The number of likely N-dealkylation sites (tertiary alicyclic amines) is 2. The molecule has 3 heterocycles. The Morgan fingerprint density at radius 3 is 2.38 bits per heavy atom. The molecule has 5 rings (SSSR count). The zero-order valence-corrected chi connectivity index (χ0v) is 20.9. The number of hydrogen-bond acceptors (Lipinski definition) is 6. The number of carbonyl (C=O) groups excluding carboxylic acids is 3. The number of urea groups is 1. The van der Waals surface area contributed by atoms with Gasteiger partial charge in [0.05, 0.1) is 18.4 Å². The van der Waals surface area contributed by atoms with Crippen LogP contribution in [-0.4, -0.2) is 73.3 Å². The van der Waals surface area contributed by atoms with E-state index in [0.29, 0.717) is 68.9 Å². The van der Waals surface area contributed by atoms with E-state index in [2.05, 4.69) is 0 Å². The highest BCUT2D eigenvalue weighted by molar-refractivity contribution is 5.97. The van der Waals surface area contributed by atoms with Crippen molar-refractivity contribution in [3.05, 3.63) is 53.6 Å². The fourth-order valence-electron chi connectivity index (χ4n) is 5.33. The third-order valence-corrected chi connectivity index (χ3v) is 7.38. The maximum atomic E-state index is 13.4. The van der Waals surface area contributed by atoms with Gasteiger partial charge in [-0.15, -0.1) is 0 Å². The third-order valence-electron chi connectivity index (χ3n) is 7.38. The van der Waals surface area contributed by atoms with Crippen molar-refractivity contribution < 1.29 is 28.6 Å². The molecule has 2 saturated heterocycles. The molecule has 0 aliphatic carbocycles. The summed E-state index contributed by atoms with van der Waals surface area (Å²) >= 11 is 0. The lowest BCUT2D eigenvalue weighted by atomic mass is 10.00. The second-order valence-electron chi connectivity index (χ2n) is 9.58. The van der Waals surface area contributed by atoms with Gasteiger partial charge in [-0.2, -0.15) is 0 Å². The summed E-state index contributed by atoms with van der Waals surface area (Å²) in [5.74, 6) is 0.956. The van der Waals surface area contributed by atoms with Crippen LogP contribution in [-0.2, 0) is 11.3 Å². The van der Waals surface area contributed by atoms with Gasteiger partial charge in [-0.1, -0.05) is 18.2 Å². The van der Waals surface area contributed by atoms with Crippen LogP contribution in [0, 0.1) is 0 Å². The molecular formula is C27H32N4O6. The molecule has 196 valence electrons. The molecule has 2 fully saturated rings. The number of carbonyl (C=O) groups is 3. The number of nitrogens with zero attached hydrogens (tertiary/aromatic N) is 3. The Hall–Kier alpha value is -3.95. The summed E-state index contributed by atoms with van der Waals surface area (Å²) in [6.45, 7) is 2.45. The summed E-state index contributed by atoms with van der Waals surface area (Å²) < 4.78 is 17.0. The van der Waals surface area contributed by atoms with Crippen molar-refractivity contribution in [1.29, 1.82) is 0 Å². The van der Waals surface area contributed by atoms with E-state index in [4.69, 9.17) is 19.9 Å². The van der Waals surface area contributed by atoms with Gasteiger partial charge in [0.25, 0.3) is 5.91 Å². The van der Waals surface area contributed by atoms with Crippen molar-refractivity contribution in [2.45, 2.75) is 44.4 Å². The standard InChI is InChI=1S/C27H32N4O6/c1-35-24-16-21(37-20-10-14-30(15-11-20)26(28)33)6-7-22(24)25(32)29-12-8-19(9-13-29)31-23-5-3-2-4-18(23)17-36-27(31)34/h2-7,16,19-20H,8-15,17H2,1H3,(H2,28,33). The Bertz CT molecular complexity index is 1170. The van der Waals surface area contributed by atoms with Gasteiger partial charge >= 0.3 is 12.1 Å². The SMILES string of the molecule is COc1cc(OC2CCN(C(N)=O)CC2)ccc1C(=O)N1CCC(N2C(=O)OCc3ccccc32)CC1. The van der Waals surface area contributed by atoms with Crippen LogP contribution in [0.5, 0.6) is 11.5 Å². The van der Waals surface area contributed by atoms with E-state index < -0.39 is 6.03 Å². The van der Waals surface area contributed by atoms with Crippen LogP contribution in [0.2, 0.25) is 0 Å². The number of rotatable bonds is 5. The van der Waals surface area contributed by atoms with Crippen LogP contribution < -0.4 is 20.1 Å². The smallest absolute Gasteiger partial charge is 0.414 e. The number of nitrogens with two attached hydrogens (primary N) is 1. The first kappa shape index (κ1) is 24.7. The minimum Gasteiger partial charge on any atom is -0.496 e. The number of amides is 4. The molecule has 0 aromatic heterocycles. The maximum Gasteiger partial charge on any atom is 0.414 e. The molecule has 2 aromatic carbocycles. The average Bonchev–Trinajstić information content (AvgIpc) is 2.93. The van der Waals surface area contributed by atoms with Crippen LogP contribution in [0.1, 0.15) is 41.6 Å². The molecule has 4 amide bonds. The first-order chi connectivity index (χ1) is 17.9. The van der Waals surface area contributed by atoms with E-state index in [1.165, 1.54) is 7.11 Å². The molecule has 10 nitrogen and oxygen atoms in total. The van der Waals surface area contributed by atoms with E-state index in [1.807, 2.05) is 24.3 Å². The first-order valence-corrected chi connectivity index (χ1v) is 12.7. The summed E-state index contributed by atoms with van der Waals surface area (Å²) in [5.41, 5.74) is 7.70. The third kappa shape index (κ3) is 5.14. The molecule has 0 unspecified atom stereocenters. The monoisotopic (exact) mass is 508 g/mol. The number of cyclic esters (lactones) is 1. The predicted molar refractivity (Wildman–Crippen MR) is 136 cm³/mol. The number of hydrogen-bond donors (Lipinski definition) is 1. The lowest BCUT2D eigenvalue weighted by molar-refractivity contribution is 0.0705. The lowest BCUT2D eigenvalue weighted by Gasteiger charge is -2.40. The number of methoxy groups -OCH3 is 1. The van der Waals surface area contributed by atoms with Gasteiger partial charge < -0.3 is 29.7 Å². The van der Waals surface area contributed by atoms with Gasteiger partial charge in [0.1, 0.15) is 24.2 Å². The fourth-order valence-corrected chi connectivity index (χ4v) is 5.33. The fraction of sp³-hybridized carbons (Fsp3) is 0.444. The van der Waals surface area contributed by atoms with Gasteiger partial charge in [0.15, 0.2) is 0 Å². The largest absolute Gasteiger partial charge is 0.496 e. The van der Waals surface area contributed by atoms with Crippen molar-refractivity contribution in [1.82, 2.24) is 9.80 Å². The lowest BCUT2D eigenvalue weighted by Crippen LogP contribution is -2.50. The molecule has 0 atom stereocenters. The van der Waals surface area contributed by atoms with Gasteiger partial charge in [-0.3, -0.25) is 9.69 Å². The van der Waals surface area contributed by atoms with Crippen molar-refractivity contribution in [2.75, 3.05) is 38.2 Å². The second-order valence-corrected chi connectivity index (χ2v) is 9.58. The number of ether oxygens (including phenoxy) is 3. The number of para-hydroxylation sites is 1. The second kappa shape index (κ2) is 10.6. The molecule has 3 aliphatic heterocycles. The Morgan fingerprint density at radius 2 is 1.68 bits per heavy atom. The van der Waals surface area contributed by atoms with E-state index in [1.54, 1.807) is 32.9 Å². The Morgan fingerprint density at radius 1 is 0.973 bits per heavy atom. The Kier molecular flexibility index (Phi) is 7.07. The number of piperidine rings is 2. The normalized spacial score (nSPS) is 18.7. The highest BCUT2D eigenvalue weighted by Crippen LogP contribution is 2.33. The average molecular weight is 509 g/mol. The van der Waals surface area contributed by atoms with E-state index in [0.717, 1.165) is 11.3 Å². The van der Waals surface area contributed by atoms with Crippen molar-refractivity contribution in [3.63, 3.8) is 0 Å². The molecule has 0 bridgehead atoms. The van der Waals surface area contributed by atoms with Crippen LogP contribution >= 0.6 is 0 Å². The van der Waals surface area contributed by atoms with Crippen molar-refractivity contribution >= 4 is 23.7 Å². The quantitative estimate of drug-likeness (QED) is 0.662. The van der Waals surface area contributed by atoms with E-state index in [9.17, 15) is 14.4 Å². The van der Waals surface area contributed by atoms with Gasteiger partial charge in [-0.05, 0) is 31.0 Å². The zero-order valence-electron chi connectivity index (χ0n) is 20.9. The molecule has 10 heteroatoms. The Balaban J connectivity index is 1.21. The summed E-state index contributed by atoms with van der Waals surface area (Å²) in [6, 6.07) is 12.6. The highest BCUT2D eigenvalue weighted by Gasteiger charge is 2.35. The summed E-state index contributed by atoms with van der Waals surface area (Å²) in [7, 11) is 1.53. The Labute approximate surface area is 215 Å². The molecular weight excluding hydrogens is 476 g/mol. The van der Waals surface area contributed by atoms with Crippen molar-refractivity contribution in [3.8, 4) is 11.5 Å². The maximum absolute atomic E-state index is 13.4. The van der Waals surface area contributed by atoms with Gasteiger partial charge in [-0.25, -0.2) is 9.59 Å². The first-order valence-electron chi connectivity index (χ1n) is 12.7. The van der Waals surface area contributed by atoms with E-state index >= 15 is 0 Å². The van der Waals surface area contributed by atoms with Crippen LogP contribution in [0.3, 0.4) is 0 Å². The van der Waals surface area contributed by atoms with Gasteiger partial charge in [0, 0.05) is 56.7 Å². The topological polar surface area (TPSA) is 115 Å². The molecule has 2 aromatic rings. The number of benzene rings is 2. The minimum atomic E-state index is -0.410. The van der Waals surface area contributed by atoms with Crippen LogP contribution in [0.4, 0.5) is 15.3 Å². The van der Waals surface area contributed by atoms with Crippen LogP contribution in [0.15, 0.2) is 42.5 Å².